The van der Waals surface area contributed by atoms with Crippen molar-refractivity contribution >= 4 is 12.0 Å². The molecule has 0 aromatic heterocycles. The molecular weight excluding hydrogens is 224 g/mol. The lowest BCUT2D eigenvalue weighted by atomic mass is 10.2. The summed E-state index contributed by atoms with van der Waals surface area (Å²) >= 11 is 0. The van der Waals surface area contributed by atoms with Crippen molar-refractivity contribution in [2.45, 2.75) is 25.9 Å². The van der Waals surface area contributed by atoms with E-state index in [0.29, 0.717) is 6.54 Å². The van der Waals surface area contributed by atoms with Crippen molar-refractivity contribution in [1.29, 1.82) is 0 Å². The maximum Gasteiger partial charge on any atom is 0.317 e. The molecule has 0 aliphatic carbocycles. The maximum atomic E-state index is 11.6. The molecule has 0 bridgehead atoms. The minimum Gasteiger partial charge on any atom is -0.481 e. The van der Waals surface area contributed by atoms with Gasteiger partial charge in [-0.2, -0.15) is 0 Å². The Balaban J connectivity index is 2.24. The Kier molecular flexibility index (Phi) is 5.21. The molecule has 1 aliphatic rings. The van der Waals surface area contributed by atoms with Crippen molar-refractivity contribution in [2.75, 3.05) is 26.7 Å². The number of carbonyl (C=O) groups excluding carboxylic acids is 1. The molecular formula is C11H20N2O4. The van der Waals surface area contributed by atoms with E-state index in [-0.39, 0.29) is 18.7 Å². The molecule has 1 rings (SSSR count). The highest BCUT2D eigenvalue weighted by molar-refractivity contribution is 5.75. The molecule has 0 spiro atoms. The van der Waals surface area contributed by atoms with Crippen LogP contribution in [0, 0.1) is 5.92 Å². The predicted octanol–water partition coefficient (Wildman–Crippen LogP) is 0.527. The number of ether oxygens (including phenoxy) is 1. The number of hydrogen-bond acceptors (Lipinski definition) is 3. The predicted molar refractivity (Wildman–Crippen MR) is 61.8 cm³/mol. The van der Waals surface area contributed by atoms with Crippen LogP contribution in [0.5, 0.6) is 0 Å². The van der Waals surface area contributed by atoms with Crippen LogP contribution in [0.25, 0.3) is 0 Å². The number of amides is 2. The first kappa shape index (κ1) is 13.8. The van der Waals surface area contributed by atoms with E-state index in [1.807, 2.05) is 0 Å². The SMILES string of the molecule is CC(CNC(=O)N(C)CC1CCCO1)C(=O)O. The number of carboxylic acids is 1. The third-order valence-electron chi connectivity index (χ3n) is 2.83. The molecule has 6 nitrogen and oxygen atoms in total. The molecule has 1 saturated heterocycles. The van der Waals surface area contributed by atoms with E-state index in [2.05, 4.69) is 5.32 Å². The van der Waals surface area contributed by atoms with E-state index in [1.54, 1.807) is 14.0 Å². The summed E-state index contributed by atoms with van der Waals surface area (Å²) < 4.78 is 5.42. The van der Waals surface area contributed by atoms with E-state index in [0.717, 1.165) is 19.4 Å². The summed E-state index contributed by atoms with van der Waals surface area (Å²) in [6.07, 6.45) is 2.13. The molecule has 2 atom stereocenters. The van der Waals surface area contributed by atoms with Crippen molar-refractivity contribution in [3.8, 4) is 0 Å². The number of nitrogens with zero attached hydrogens (tertiary/aromatic N) is 1. The largest absolute Gasteiger partial charge is 0.481 e. The van der Waals surface area contributed by atoms with Crippen molar-refractivity contribution in [3.63, 3.8) is 0 Å². The summed E-state index contributed by atoms with van der Waals surface area (Å²) in [7, 11) is 1.68. The molecule has 0 radical (unpaired) electrons. The Morgan fingerprint density at radius 1 is 1.59 bits per heavy atom. The zero-order valence-corrected chi connectivity index (χ0v) is 10.3. The fourth-order valence-electron chi connectivity index (χ4n) is 1.64. The van der Waals surface area contributed by atoms with Gasteiger partial charge in [-0.25, -0.2) is 4.79 Å². The number of carbonyl (C=O) groups is 2. The molecule has 0 aromatic carbocycles. The van der Waals surface area contributed by atoms with Crippen LogP contribution >= 0.6 is 0 Å². The minimum absolute atomic E-state index is 0.114. The summed E-state index contributed by atoms with van der Waals surface area (Å²) in [5.41, 5.74) is 0. The topological polar surface area (TPSA) is 78.9 Å². The number of likely N-dealkylation sites (N-methyl/N-ethyl adjacent to an activating group) is 1. The molecule has 2 unspecified atom stereocenters. The number of aliphatic carboxylic acids is 1. The molecule has 2 N–H and O–H groups in total. The standard InChI is InChI=1S/C11H20N2O4/c1-8(10(14)15)6-12-11(16)13(2)7-9-4-3-5-17-9/h8-9H,3-7H2,1-2H3,(H,12,16)(H,14,15). The van der Waals surface area contributed by atoms with Crippen molar-refractivity contribution < 1.29 is 19.4 Å². The van der Waals surface area contributed by atoms with Crippen LogP contribution in [0.3, 0.4) is 0 Å². The summed E-state index contributed by atoms with van der Waals surface area (Å²) in [6.45, 7) is 3.01. The van der Waals surface area contributed by atoms with Crippen LogP contribution < -0.4 is 5.32 Å². The van der Waals surface area contributed by atoms with E-state index >= 15 is 0 Å². The van der Waals surface area contributed by atoms with Gasteiger partial charge in [0.05, 0.1) is 12.0 Å². The number of rotatable bonds is 5. The van der Waals surface area contributed by atoms with Gasteiger partial charge in [-0.05, 0) is 12.8 Å². The second-order valence-electron chi connectivity index (χ2n) is 4.44. The van der Waals surface area contributed by atoms with Gasteiger partial charge in [-0.3, -0.25) is 4.79 Å². The fourth-order valence-corrected chi connectivity index (χ4v) is 1.64. The van der Waals surface area contributed by atoms with Crippen LogP contribution in [0.4, 0.5) is 4.79 Å². The van der Waals surface area contributed by atoms with Crippen LogP contribution in [0.15, 0.2) is 0 Å². The Hall–Kier alpha value is -1.30. The summed E-state index contributed by atoms with van der Waals surface area (Å²) in [5.74, 6) is -1.48. The molecule has 2 amide bonds. The highest BCUT2D eigenvalue weighted by Crippen LogP contribution is 2.12. The third-order valence-corrected chi connectivity index (χ3v) is 2.83. The van der Waals surface area contributed by atoms with Crippen molar-refractivity contribution in [2.24, 2.45) is 5.92 Å². The maximum absolute atomic E-state index is 11.6. The van der Waals surface area contributed by atoms with Gasteiger partial charge in [0.25, 0.3) is 0 Å². The first-order valence-corrected chi connectivity index (χ1v) is 5.84. The first-order chi connectivity index (χ1) is 8.00. The van der Waals surface area contributed by atoms with E-state index in [1.165, 1.54) is 4.90 Å². The van der Waals surface area contributed by atoms with Gasteiger partial charge in [0.15, 0.2) is 0 Å². The van der Waals surface area contributed by atoms with Crippen molar-refractivity contribution in [1.82, 2.24) is 10.2 Å². The Labute approximate surface area is 101 Å². The van der Waals surface area contributed by atoms with Gasteiger partial charge < -0.3 is 20.1 Å². The highest BCUT2D eigenvalue weighted by atomic mass is 16.5. The summed E-state index contributed by atoms with van der Waals surface area (Å²) in [4.78, 5) is 23.7. The zero-order chi connectivity index (χ0) is 12.8. The Morgan fingerprint density at radius 3 is 2.82 bits per heavy atom. The van der Waals surface area contributed by atoms with Gasteiger partial charge in [0, 0.05) is 26.7 Å². The Bertz CT molecular complexity index is 277. The highest BCUT2D eigenvalue weighted by Gasteiger charge is 2.20. The van der Waals surface area contributed by atoms with Gasteiger partial charge in [0.2, 0.25) is 0 Å². The smallest absolute Gasteiger partial charge is 0.317 e. The molecule has 1 heterocycles. The average Bonchev–Trinajstić information content (AvgIpc) is 2.77. The van der Waals surface area contributed by atoms with Crippen molar-refractivity contribution in [3.05, 3.63) is 0 Å². The first-order valence-electron chi connectivity index (χ1n) is 5.84. The van der Waals surface area contributed by atoms with Gasteiger partial charge in [0.1, 0.15) is 0 Å². The number of nitrogens with one attached hydrogen (secondary N) is 1. The van der Waals surface area contributed by atoms with E-state index < -0.39 is 11.9 Å². The molecule has 0 saturated carbocycles. The number of urea groups is 1. The zero-order valence-electron chi connectivity index (χ0n) is 10.3. The second-order valence-corrected chi connectivity index (χ2v) is 4.44. The number of hydrogen-bond donors (Lipinski definition) is 2. The quantitative estimate of drug-likeness (QED) is 0.739. The van der Waals surface area contributed by atoms with Gasteiger partial charge in [-0.15, -0.1) is 0 Å². The molecule has 1 aliphatic heterocycles. The lowest BCUT2D eigenvalue weighted by Gasteiger charge is -2.21. The normalized spacial score (nSPS) is 20.9. The van der Waals surface area contributed by atoms with Crippen LogP contribution in [0.1, 0.15) is 19.8 Å². The summed E-state index contributed by atoms with van der Waals surface area (Å²) in [6, 6.07) is -0.256. The number of carboxylic acid groups (broad SMARTS) is 1. The molecule has 17 heavy (non-hydrogen) atoms. The molecule has 1 fully saturated rings. The van der Waals surface area contributed by atoms with E-state index in [9.17, 15) is 9.59 Å². The molecule has 0 aromatic rings. The Morgan fingerprint density at radius 2 is 2.29 bits per heavy atom. The van der Waals surface area contributed by atoms with E-state index in [4.69, 9.17) is 9.84 Å². The second kappa shape index (κ2) is 6.44. The molecule has 98 valence electrons. The lowest BCUT2D eigenvalue weighted by molar-refractivity contribution is -0.140. The van der Waals surface area contributed by atoms with Gasteiger partial charge in [-0.1, -0.05) is 6.92 Å². The van der Waals surface area contributed by atoms with Crippen LogP contribution in [-0.2, 0) is 9.53 Å². The lowest BCUT2D eigenvalue weighted by Crippen LogP contribution is -2.43. The minimum atomic E-state index is -0.910. The average molecular weight is 244 g/mol. The van der Waals surface area contributed by atoms with Gasteiger partial charge >= 0.3 is 12.0 Å². The summed E-state index contributed by atoms with van der Waals surface area (Å²) in [5, 5.41) is 11.3. The van der Waals surface area contributed by atoms with Crippen LogP contribution in [-0.4, -0.2) is 54.9 Å². The fraction of sp³-hybridized carbons (Fsp3) is 0.818. The monoisotopic (exact) mass is 244 g/mol. The molecule has 6 heteroatoms. The van der Waals surface area contributed by atoms with Crippen LogP contribution in [0.2, 0.25) is 0 Å². The third kappa shape index (κ3) is 4.60.